The van der Waals surface area contributed by atoms with Crippen molar-refractivity contribution in [2.45, 2.75) is 0 Å². The number of thioether (sulfide) groups is 1. The fourth-order valence-corrected chi connectivity index (χ4v) is 3.33. The second-order valence-corrected chi connectivity index (χ2v) is 6.28. The number of hydrogen-bond donors (Lipinski definition) is 1. The number of carbonyl (C=O) groups is 1. The summed E-state index contributed by atoms with van der Waals surface area (Å²) in [6, 6.07) is 3.25. The molecule has 1 saturated heterocycles. The summed E-state index contributed by atoms with van der Waals surface area (Å²) in [6.45, 7) is 0.835. The molecule has 8 heteroatoms. The Morgan fingerprint density at radius 2 is 1.87 bits per heavy atom. The van der Waals surface area contributed by atoms with E-state index in [2.05, 4.69) is 0 Å². The second kappa shape index (κ2) is 7.67. The average molecular weight is 355 g/mol. The molecule has 6 nitrogen and oxygen atoms in total. The van der Waals surface area contributed by atoms with Crippen LogP contribution in [0.15, 0.2) is 17.0 Å². The molecule has 2 rings (SSSR count). The molecule has 1 N–H and O–H groups in total. The van der Waals surface area contributed by atoms with Gasteiger partial charge < -0.3 is 19.3 Å². The van der Waals surface area contributed by atoms with E-state index >= 15 is 0 Å². The van der Waals surface area contributed by atoms with E-state index in [0.29, 0.717) is 27.9 Å². The molecule has 0 bridgehead atoms. The van der Waals surface area contributed by atoms with Gasteiger partial charge in [0, 0.05) is 7.11 Å². The Bertz CT molecular complexity index is 634. The van der Waals surface area contributed by atoms with Crippen molar-refractivity contribution in [1.82, 2.24) is 4.90 Å². The van der Waals surface area contributed by atoms with Crippen LogP contribution in [0.2, 0.25) is 0 Å². The highest BCUT2D eigenvalue weighted by Gasteiger charge is 2.31. The van der Waals surface area contributed by atoms with Gasteiger partial charge in [-0.25, -0.2) is 0 Å². The Morgan fingerprint density at radius 3 is 2.39 bits per heavy atom. The van der Waals surface area contributed by atoms with E-state index in [1.807, 2.05) is 0 Å². The molecule has 124 valence electrons. The van der Waals surface area contributed by atoms with Gasteiger partial charge >= 0.3 is 0 Å². The Labute approximate surface area is 144 Å². The van der Waals surface area contributed by atoms with Crippen molar-refractivity contribution in [2.75, 3.05) is 34.5 Å². The van der Waals surface area contributed by atoms with Crippen molar-refractivity contribution in [3.05, 3.63) is 22.6 Å². The molecule has 0 unspecified atom stereocenters. The van der Waals surface area contributed by atoms with Crippen LogP contribution in [0.4, 0.5) is 0 Å². The van der Waals surface area contributed by atoms with Crippen LogP contribution in [-0.2, 0) is 9.53 Å². The Balaban J connectivity index is 2.32. The zero-order chi connectivity index (χ0) is 17.0. The Morgan fingerprint density at radius 1 is 1.26 bits per heavy atom. The van der Waals surface area contributed by atoms with Crippen LogP contribution in [0, 0.1) is 0 Å². The van der Waals surface area contributed by atoms with Gasteiger partial charge in [0.1, 0.15) is 4.32 Å². The summed E-state index contributed by atoms with van der Waals surface area (Å²) >= 11 is 6.45. The van der Waals surface area contributed by atoms with Crippen molar-refractivity contribution in [1.29, 1.82) is 0 Å². The highest BCUT2D eigenvalue weighted by atomic mass is 32.2. The number of thiocarbonyl (C=S) groups is 1. The molecule has 1 aliphatic rings. The Hall–Kier alpha value is -1.77. The Kier molecular flexibility index (Phi) is 5.86. The first kappa shape index (κ1) is 17.6. The number of hydrogen-bond acceptors (Lipinski definition) is 7. The molecule has 1 aliphatic heterocycles. The summed E-state index contributed by atoms with van der Waals surface area (Å²) in [5.41, 5.74) is 0.670. The highest BCUT2D eigenvalue weighted by molar-refractivity contribution is 8.26. The van der Waals surface area contributed by atoms with Crippen LogP contribution in [-0.4, -0.2) is 54.7 Å². The van der Waals surface area contributed by atoms with Crippen molar-refractivity contribution < 1.29 is 24.1 Å². The number of carbonyl (C=O) groups excluding carboxylic acids is 1. The molecule has 23 heavy (non-hydrogen) atoms. The zero-order valence-corrected chi connectivity index (χ0v) is 14.6. The molecule has 1 aromatic rings. The van der Waals surface area contributed by atoms with Gasteiger partial charge in [0.2, 0.25) is 5.75 Å². The number of ether oxygens (including phenoxy) is 3. The first-order valence-electron chi connectivity index (χ1n) is 6.71. The van der Waals surface area contributed by atoms with Crippen LogP contribution >= 0.6 is 24.0 Å². The first-order chi connectivity index (χ1) is 11.0. The molecule has 0 aromatic heterocycles. The number of nitrogens with zero attached hydrogens (tertiary/aromatic N) is 1. The van der Waals surface area contributed by atoms with Gasteiger partial charge in [-0.1, -0.05) is 24.0 Å². The summed E-state index contributed by atoms with van der Waals surface area (Å²) in [4.78, 5) is 14.4. The molecule has 1 amide bonds. The van der Waals surface area contributed by atoms with Gasteiger partial charge in [0.25, 0.3) is 5.91 Å². The van der Waals surface area contributed by atoms with Gasteiger partial charge in [-0.2, -0.15) is 0 Å². The van der Waals surface area contributed by atoms with Crippen LogP contribution in [0.5, 0.6) is 17.2 Å². The number of benzene rings is 1. The standard InChI is InChI=1S/C15H17NO5S2/c1-19-5-4-16-14(18)12(23-15(16)22)8-9-6-10(20-2)13(17)11(7-9)21-3/h6-8,17H,4-5H2,1-3H3/b12-8-. The maximum absolute atomic E-state index is 12.4. The maximum Gasteiger partial charge on any atom is 0.266 e. The smallest absolute Gasteiger partial charge is 0.266 e. The van der Waals surface area contributed by atoms with E-state index in [1.54, 1.807) is 25.3 Å². The molecular weight excluding hydrogens is 338 g/mol. The number of phenols is 1. The largest absolute Gasteiger partial charge is 0.502 e. The number of amides is 1. The lowest BCUT2D eigenvalue weighted by Crippen LogP contribution is -2.31. The lowest BCUT2D eigenvalue weighted by molar-refractivity contribution is -0.122. The maximum atomic E-state index is 12.4. The van der Waals surface area contributed by atoms with Gasteiger partial charge in [-0.15, -0.1) is 0 Å². The SMILES string of the molecule is COCCN1C(=O)/C(=C/c2cc(OC)c(O)c(OC)c2)SC1=S. The average Bonchev–Trinajstić information content (AvgIpc) is 2.80. The fraction of sp³-hybridized carbons (Fsp3) is 0.333. The van der Waals surface area contributed by atoms with Crippen LogP contribution in [0.3, 0.4) is 0 Å². The van der Waals surface area contributed by atoms with E-state index < -0.39 is 0 Å². The lowest BCUT2D eigenvalue weighted by atomic mass is 10.1. The molecular formula is C15H17NO5S2. The quantitative estimate of drug-likeness (QED) is 0.620. The number of aromatic hydroxyl groups is 1. The fourth-order valence-electron chi connectivity index (χ4n) is 2.02. The normalized spacial score (nSPS) is 16.3. The van der Waals surface area contributed by atoms with Gasteiger partial charge in [0.15, 0.2) is 11.5 Å². The van der Waals surface area contributed by atoms with Crippen molar-refractivity contribution in [3.8, 4) is 17.2 Å². The second-order valence-electron chi connectivity index (χ2n) is 4.60. The predicted octanol–water partition coefficient (Wildman–Crippen LogP) is 2.26. The lowest BCUT2D eigenvalue weighted by Gasteiger charge is -2.13. The summed E-state index contributed by atoms with van der Waals surface area (Å²) < 4.78 is 15.7. The molecule has 1 fully saturated rings. The molecule has 0 spiro atoms. The van der Waals surface area contributed by atoms with Gasteiger partial charge in [-0.05, 0) is 23.8 Å². The summed E-state index contributed by atoms with van der Waals surface area (Å²) in [6.07, 6.45) is 1.69. The molecule has 0 radical (unpaired) electrons. The predicted molar refractivity (Wildman–Crippen MR) is 93.0 cm³/mol. The third-order valence-electron chi connectivity index (χ3n) is 3.19. The van der Waals surface area contributed by atoms with Crippen molar-refractivity contribution >= 4 is 40.3 Å². The zero-order valence-electron chi connectivity index (χ0n) is 13.0. The van der Waals surface area contributed by atoms with Gasteiger partial charge in [0.05, 0.1) is 32.3 Å². The minimum Gasteiger partial charge on any atom is -0.502 e. The van der Waals surface area contributed by atoms with Crippen LogP contribution < -0.4 is 9.47 Å². The van der Waals surface area contributed by atoms with Crippen LogP contribution in [0.1, 0.15) is 5.56 Å². The molecule has 1 heterocycles. The summed E-state index contributed by atoms with van der Waals surface area (Å²) in [5, 5.41) is 9.92. The summed E-state index contributed by atoms with van der Waals surface area (Å²) in [7, 11) is 4.47. The summed E-state index contributed by atoms with van der Waals surface area (Å²) in [5.74, 6) is 0.291. The minimum absolute atomic E-state index is 0.0835. The van der Waals surface area contributed by atoms with Gasteiger partial charge in [-0.3, -0.25) is 9.69 Å². The number of rotatable bonds is 6. The van der Waals surface area contributed by atoms with Crippen LogP contribution in [0.25, 0.3) is 6.08 Å². The topological polar surface area (TPSA) is 68.2 Å². The van der Waals surface area contributed by atoms with E-state index in [1.165, 1.54) is 30.9 Å². The third kappa shape index (κ3) is 3.77. The van der Waals surface area contributed by atoms with E-state index in [-0.39, 0.29) is 23.2 Å². The van der Waals surface area contributed by atoms with Crippen molar-refractivity contribution in [2.24, 2.45) is 0 Å². The first-order valence-corrected chi connectivity index (χ1v) is 7.93. The molecule has 1 aromatic carbocycles. The molecule has 0 aliphatic carbocycles. The van der Waals surface area contributed by atoms with E-state index in [4.69, 9.17) is 26.4 Å². The third-order valence-corrected chi connectivity index (χ3v) is 4.57. The monoisotopic (exact) mass is 355 g/mol. The van der Waals surface area contributed by atoms with Crippen molar-refractivity contribution in [3.63, 3.8) is 0 Å². The van der Waals surface area contributed by atoms with E-state index in [9.17, 15) is 9.90 Å². The van der Waals surface area contributed by atoms with E-state index in [0.717, 1.165) is 0 Å². The highest BCUT2D eigenvalue weighted by Crippen LogP contribution is 2.39. The molecule has 0 saturated carbocycles. The number of methoxy groups -OCH3 is 3. The number of phenolic OH excluding ortho intramolecular Hbond substituents is 1. The minimum atomic E-state index is -0.164. The molecule has 0 atom stereocenters.